The number of nitrogens with one attached hydrogen (secondary N) is 1. The highest BCUT2D eigenvalue weighted by molar-refractivity contribution is 14.0. The summed E-state index contributed by atoms with van der Waals surface area (Å²) >= 11 is 0. The molecule has 0 bridgehead atoms. The van der Waals surface area contributed by atoms with Crippen LogP contribution >= 0.6 is 24.0 Å². The van der Waals surface area contributed by atoms with Crippen molar-refractivity contribution in [3.8, 4) is 0 Å². The summed E-state index contributed by atoms with van der Waals surface area (Å²) in [5.41, 5.74) is 0.0775. The lowest BCUT2D eigenvalue weighted by atomic mass is 9.89. The van der Waals surface area contributed by atoms with Crippen molar-refractivity contribution in [3.05, 3.63) is 0 Å². The van der Waals surface area contributed by atoms with E-state index in [4.69, 9.17) is 4.74 Å². The lowest BCUT2D eigenvalue weighted by Gasteiger charge is -2.38. The molecule has 0 aromatic heterocycles. The summed E-state index contributed by atoms with van der Waals surface area (Å²) in [6.45, 7) is 13.3. The number of carbonyl (C=O) groups is 1. The van der Waals surface area contributed by atoms with E-state index in [1.54, 1.807) is 7.11 Å². The molecule has 2 fully saturated rings. The second kappa shape index (κ2) is 12.2. The molecule has 0 radical (unpaired) electrons. The molecule has 0 aliphatic carbocycles. The lowest BCUT2D eigenvalue weighted by molar-refractivity contribution is -0.133. The molecule has 2 heterocycles. The maximum absolute atomic E-state index is 12.5. The molecule has 1 N–H and O–H groups in total. The second-order valence-corrected chi connectivity index (χ2v) is 8.72. The standard InChI is InChI=1S/C20H39N5O2.HI/c1-20(2,3)17(27-5)15-22-19(21-4)25-13-11-23(12-14-25)16-18(26)24-9-7-6-8-10-24;/h17H,6-16H2,1-5H3,(H,21,22);1H. The van der Waals surface area contributed by atoms with E-state index in [2.05, 4.69) is 40.9 Å². The average molecular weight is 509 g/mol. The van der Waals surface area contributed by atoms with E-state index in [9.17, 15) is 4.79 Å². The van der Waals surface area contributed by atoms with Gasteiger partial charge in [0.2, 0.25) is 5.91 Å². The van der Waals surface area contributed by atoms with Gasteiger partial charge in [0.25, 0.3) is 0 Å². The van der Waals surface area contributed by atoms with Crippen LogP contribution < -0.4 is 5.32 Å². The predicted octanol–water partition coefficient (Wildman–Crippen LogP) is 1.87. The number of halogens is 1. The third-order valence-electron chi connectivity index (χ3n) is 5.65. The molecule has 1 atom stereocenters. The largest absolute Gasteiger partial charge is 0.379 e. The van der Waals surface area contributed by atoms with Gasteiger partial charge in [0.15, 0.2) is 5.96 Å². The molecule has 2 aliphatic heterocycles. The van der Waals surface area contributed by atoms with Gasteiger partial charge in [-0.1, -0.05) is 20.8 Å². The van der Waals surface area contributed by atoms with Gasteiger partial charge in [-0.05, 0) is 24.7 Å². The second-order valence-electron chi connectivity index (χ2n) is 8.72. The first-order valence-electron chi connectivity index (χ1n) is 10.3. The van der Waals surface area contributed by atoms with Gasteiger partial charge < -0.3 is 19.9 Å². The van der Waals surface area contributed by atoms with Crippen LogP contribution in [0.4, 0.5) is 0 Å². The van der Waals surface area contributed by atoms with E-state index in [0.29, 0.717) is 12.5 Å². The smallest absolute Gasteiger partial charge is 0.236 e. The van der Waals surface area contributed by atoms with Crippen molar-refractivity contribution in [3.63, 3.8) is 0 Å². The van der Waals surface area contributed by atoms with Crippen molar-refractivity contribution < 1.29 is 9.53 Å². The molecule has 7 nitrogen and oxygen atoms in total. The zero-order valence-electron chi connectivity index (χ0n) is 18.4. The van der Waals surface area contributed by atoms with Crippen molar-refractivity contribution in [2.24, 2.45) is 10.4 Å². The number of aliphatic imine (C=N–C) groups is 1. The number of methoxy groups -OCH3 is 1. The quantitative estimate of drug-likeness (QED) is 0.349. The minimum atomic E-state index is 0. The SMILES string of the molecule is CN=C(NCC(OC)C(C)(C)C)N1CCN(CC(=O)N2CCCCC2)CC1.I. The van der Waals surface area contributed by atoms with E-state index in [-0.39, 0.29) is 35.5 Å². The number of hydrogen-bond donors (Lipinski definition) is 1. The van der Waals surface area contributed by atoms with E-state index in [0.717, 1.165) is 64.6 Å². The Morgan fingerprint density at radius 2 is 1.64 bits per heavy atom. The van der Waals surface area contributed by atoms with Gasteiger partial charge in [0.05, 0.1) is 12.6 Å². The summed E-state index contributed by atoms with van der Waals surface area (Å²) in [5.74, 6) is 1.21. The van der Waals surface area contributed by atoms with Gasteiger partial charge in [0.1, 0.15) is 0 Å². The Bertz CT molecular complexity index is 495. The monoisotopic (exact) mass is 509 g/mol. The Kier molecular flexibility index (Phi) is 11.1. The molecule has 1 unspecified atom stereocenters. The van der Waals surface area contributed by atoms with Gasteiger partial charge in [0, 0.05) is 60.0 Å². The Balaban J connectivity index is 0.00000392. The topological polar surface area (TPSA) is 60.4 Å². The van der Waals surface area contributed by atoms with Gasteiger partial charge in [-0.15, -0.1) is 24.0 Å². The summed E-state index contributed by atoms with van der Waals surface area (Å²) in [6, 6.07) is 0. The van der Waals surface area contributed by atoms with E-state index in [1.807, 2.05) is 11.9 Å². The fourth-order valence-electron chi connectivity index (χ4n) is 3.81. The summed E-state index contributed by atoms with van der Waals surface area (Å²) < 4.78 is 5.63. The molecule has 2 rings (SSSR count). The Morgan fingerprint density at radius 1 is 1.04 bits per heavy atom. The van der Waals surface area contributed by atoms with Gasteiger partial charge in [-0.2, -0.15) is 0 Å². The molecular weight excluding hydrogens is 469 g/mol. The Hall–Kier alpha value is -0.610. The number of piperidine rings is 1. The molecule has 0 aromatic carbocycles. The summed E-state index contributed by atoms with van der Waals surface area (Å²) in [5, 5.41) is 3.46. The van der Waals surface area contributed by atoms with E-state index < -0.39 is 0 Å². The van der Waals surface area contributed by atoms with Crippen LogP contribution in [0, 0.1) is 5.41 Å². The molecule has 0 saturated carbocycles. The maximum Gasteiger partial charge on any atom is 0.236 e. The van der Waals surface area contributed by atoms with Crippen LogP contribution in [0.2, 0.25) is 0 Å². The van der Waals surface area contributed by atoms with Gasteiger partial charge in [-0.3, -0.25) is 14.7 Å². The normalized spacial score (nSPS) is 20.5. The number of likely N-dealkylation sites (tertiary alicyclic amines) is 1. The fourth-order valence-corrected chi connectivity index (χ4v) is 3.81. The van der Waals surface area contributed by atoms with Crippen LogP contribution in [-0.2, 0) is 9.53 Å². The van der Waals surface area contributed by atoms with E-state index >= 15 is 0 Å². The minimum Gasteiger partial charge on any atom is -0.379 e. The number of rotatable bonds is 5. The molecule has 0 aromatic rings. The zero-order valence-corrected chi connectivity index (χ0v) is 20.7. The Morgan fingerprint density at radius 3 is 2.14 bits per heavy atom. The number of amides is 1. The average Bonchev–Trinajstić information content (AvgIpc) is 2.66. The number of hydrogen-bond acceptors (Lipinski definition) is 4. The molecule has 2 saturated heterocycles. The number of carbonyl (C=O) groups excluding carboxylic acids is 1. The third kappa shape index (κ3) is 7.67. The van der Waals surface area contributed by atoms with Gasteiger partial charge in [-0.25, -0.2) is 0 Å². The molecule has 0 spiro atoms. The number of ether oxygens (including phenoxy) is 1. The van der Waals surface area contributed by atoms with Crippen LogP contribution in [0.1, 0.15) is 40.0 Å². The first-order valence-corrected chi connectivity index (χ1v) is 10.3. The highest BCUT2D eigenvalue weighted by atomic mass is 127. The highest BCUT2D eigenvalue weighted by Crippen LogP contribution is 2.21. The van der Waals surface area contributed by atoms with Gasteiger partial charge >= 0.3 is 0 Å². The van der Waals surface area contributed by atoms with Crippen molar-refractivity contribution in [1.29, 1.82) is 0 Å². The maximum atomic E-state index is 12.5. The molecule has 28 heavy (non-hydrogen) atoms. The van der Waals surface area contributed by atoms with Crippen LogP contribution in [-0.4, -0.2) is 99.2 Å². The van der Waals surface area contributed by atoms with Crippen molar-refractivity contribution in [2.45, 2.75) is 46.1 Å². The van der Waals surface area contributed by atoms with Crippen LogP contribution in [0.5, 0.6) is 0 Å². The van der Waals surface area contributed by atoms with E-state index in [1.165, 1.54) is 6.42 Å². The fraction of sp³-hybridized carbons (Fsp3) is 0.900. The lowest BCUT2D eigenvalue weighted by Crippen LogP contribution is -2.55. The number of piperazine rings is 1. The number of nitrogens with zero attached hydrogens (tertiary/aromatic N) is 4. The van der Waals surface area contributed by atoms with Crippen molar-refractivity contribution in [2.75, 3.05) is 66.5 Å². The summed E-state index contributed by atoms with van der Waals surface area (Å²) in [7, 11) is 3.59. The first kappa shape index (κ1) is 25.4. The van der Waals surface area contributed by atoms with Crippen LogP contribution in [0.25, 0.3) is 0 Å². The highest BCUT2D eigenvalue weighted by Gasteiger charge is 2.27. The Labute approximate surface area is 188 Å². The predicted molar refractivity (Wildman–Crippen MR) is 125 cm³/mol. The van der Waals surface area contributed by atoms with Crippen molar-refractivity contribution in [1.82, 2.24) is 20.0 Å². The molecule has 8 heteroatoms. The number of guanidine groups is 1. The molecule has 2 aliphatic rings. The molecule has 1 amide bonds. The summed E-state index contributed by atoms with van der Waals surface area (Å²) in [4.78, 5) is 23.5. The first-order chi connectivity index (χ1) is 12.8. The summed E-state index contributed by atoms with van der Waals surface area (Å²) in [6.07, 6.45) is 3.68. The van der Waals surface area contributed by atoms with Crippen molar-refractivity contribution >= 4 is 35.8 Å². The minimum absolute atomic E-state index is 0. The van der Waals surface area contributed by atoms with Crippen LogP contribution in [0.15, 0.2) is 4.99 Å². The zero-order chi connectivity index (χ0) is 19.9. The third-order valence-corrected chi connectivity index (χ3v) is 5.65. The van der Waals surface area contributed by atoms with Crippen LogP contribution in [0.3, 0.4) is 0 Å². The molecular formula is C20H40IN5O2. The molecule has 164 valence electrons.